The van der Waals surface area contributed by atoms with Crippen molar-refractivity contribution in [3.8, 4) is 5.75 Å². The molecule has 0 saturated heterocycles. The van der Waals surface area contributed by atoms with E-state index in [0.717, 1.165) is 19.3 Å². The Balaban J connectivity index is 1.60. The molecule has 0 saturated carbocycles. The molecular formula is C34H46N6O7. The van der Waals surface area contributed by atoms with Crippen molar-refractivity contribution in [3.63, 3.8) is 0 Å². The van der Waals surface area contributed by atoms with Gasteiger partial charge < -0.3 is 39.5 Å². The van der Waals surface area contributed by atoms with Crippen molar-refractivity contribution in [1.29, 1.82) is 0 Å². The highest BCUT2D eigenvalue weighted by atomic mass is 16.5. The fourth-order valence-corrected chi connectivity index (χ4v) is 5.39. The van der Waals surface area contributed by atoms with Gasteiger partial charge in [0.2, 0.25) is 0 Å². The molecule has 254 valence electrons. The van der Waals surface area contributed by atoms with E-state index in [-0.39, 0.29) is 55.1 Å². The van der Waals surface area contributed by atoms with Crippen molar-refractivity contribution >= 4 is 29.2 Å². The Hall–Kier alpha value is -4.49. The Labute approximate surface area is 275 Å². The van der Waals surface area contributed by atoms with Crippen LogP contribution in [0.25, 0.3) is 0 Å². The number of hydrogen-bond acceptors (Lipinski definition) is 9. The second kappa shape index (κ2) is 16.4. The summed E-state index contributed by atoms with van der Waals surface area (Å²) in [4.78, 5) is 47.5. The first kappa shape index (κ1) is 35.4. The number of aromatic nitrogens is 2. The van der Waals surface area contributed by atoms with Gasteiger partial charge >= 0.3 is 6.03 Å². The summed E-state index contributed by atoms with van der Waals surface area (Å²) >= 11 is 0. The summed E-state index contributed by atoms with van der Waals surface area (Å²) in [5.41, 5.74) is 2.23. The summed E-state index contributed by atoms with van der Waals surface area (Å²) in [6.07, 6.45) is 4.81. The van der Waals surface area contributed by atoms with Gasteiger partial charge in [-0.05, 0) is 77.3 Å². The first-order valence-electron chi connectivity index (χ1n) is 16.0. The Morgan fingerprint density at radius 3 is 2.55 bits per heavy atom. The maximum atomic E-state index is 14.3. The lowest BCUT2D eigenvalue weighted by atomic mass is 10.0. The third-order valence-corrected chi connectivity index (χ3v) is 8.32. The van der Waals surface area contributed by atoms with Gasteiger partial charge in [-0.1, -0.05) is 12.1 Å². The molecule has 0 fully saturated rings. The van der Waals surface area contributed by atoms with Gasteiger partial charge in [0.15, 0.2) is 5.76 Å². The van der Waals surface area contributed by atoms with Gasteiger partial charge in [-0.2, -0.15) is 0 Å². The lowest BCUT2D eigenvalue weighted by Crippen LogP contribution is -2.48. The van der Waals surface area contributed by atoms with E-state index in [1.165, 1.54) is 12.4 Å². The van der Waals surface area contributed by atoms with Crippen LogP contribution in [0.2, 0.25) is 0 Å². The van der Waals surface area contributed by atoms with Crippen molar-refractivity contribution in [3.05, 3.63) is 65.3 Å². The molecule has 47 heavy (non-hydrogen) atoms. The first-order chi connectivity index (χ1) is 22.5. The van der Waals surface area contributed by atoms with E-state index in [1.807, 2.05) is 13.8 Å². The number of pyridine rings is 1. The molecule has 1 aromatic carbocycles. The summed E-state index contributed by atoms with van der Waals surface area (Å²) in [5.74, 6) is -0.0268. The number of rotatable bonds is 7. The minimum atomic E-state index is -0.542. The average molecular weight is 651 g/mol. The van der Waals surface area contributed by atoms with Crippen molar-refractivity contribution in [2.24, 2.45) is 5.92 Å². The maximum absolute atomic E-state index is 14.3. The summed E-state index contributed by atoms with van der Waals surface area (Å²) in [5, 5.41) is 19.8. The van der Waals surface area contributed by atoms with Crippen LogP contribution in [-0.2, 0) is 4.74 Å². The van der Waals surface area contributed by atoms with Gasteiger partial charge in [0.05, 0.1) is 30.4 Å². The number of nitrogens with zero attached hydrogens (tertiary/aromatic N) is 4. The number of amides is 4. The van der Waals surface area contributed by atoms with Crippen LogP contribution in [0.1, 0.15) is 72.2 Å². The summed E-state index contributed by atoms with van der Waals surface area (Å²) in [6.45, 7) is 9.86. The number of aliphatic hydroxyl groups excluding tert-OH is 1. The van der Waals surface area contributed by atoms with Crippen LogP contribution in [0.3, 0.4) is 0 Å². The number of aliphatic hydroxyl groups is 1. The third kappa shape index (κ3) is 9.29. The molecule has 0 spiro atoms. The number of fused-ring (bicyclic) bond motifs is 1. The van der Waals surface area contributed by atoms with E-state index >= 15 is 0 Å². The zero-order valence-electron chi connectivity index (χ0n) is 28.0. The number of nitrogens with one attached hydrogen (secondary N) is 2. The van der Waals surface area contributed by atoms with Gasteiger partial charge in [0.25, 0.3) is 11.8 Å². The largest absolute Gasteiger partial charge is 0.490 e. The van der Waals surface area contributed by atoms with Gasteiger partial charge in [0.1, 0.15) is 17.1 Å². The van der Waals surface area contributed by atoms with E-state index in [2.05, 4.69) is 20.8 Å². The van der Waals surface area contributed by atoms with Crippen LogP contribution < -0.4 is 15.4 Å². The second-order valence-electron chi connectivity index (χ2n) is 12.2. The van der Waals surface area contributed by atoms with Crippen LogP contribution in [0, 0.1) is 19.8 Å². The van der Waals surface area contributed by atoms with Crippen molar-refractivity contribution in [2.45, 2.75) is 72.1 Å². The molecule has 13 nitrogen and oxygen atoms in total. The standard InChI is InChI=1S/C34H46N6O7/c1-21-18-40(22(2)20-41)33(43)28-17-27(36-32(42)26-12-14-35-15-13-26)10-11-29(28)46-23(3)9-7-8-16-45-30(21)19-39(6)34(44)37-31-24(4)38-47-25(31)5/h10-15,17,21-23,30,41H,7-9,16,18-20H2,1-6H3,(H,36,42)(H,37,44)/t21-,22+,23-,30-/m0/s1. The highest BCUT2D eigenvalue weighted by molar-refractivity contribution is 6.05. The number of likely N-dealkylation sites (N-methyl/N-ethyl adjacent to an activating group) is 1. The Bertz CT molecular complexity index is 1490. The molecule has 4 rings (SSSR count). The topological polar surface area (TPSA) is 159 Å². The summed E-state index contributed by atoms with van der Waals surface area (Å²) in [6, 6.07) is 7.34. The third-order valence-electron chi connectivity index (χ3n) is 8.32. The zero-order valence-corrected chi connectivity index (χ0v) is 28.0. The molecule has 2 aromatic heterocycles. The number of carbonyl (C=O) groups is 3. The number of anilines is 2. The number of carbonyl (C=O) groups excluding carboxylic acids is 3. The molecule has 0 radical (unpaired) electrons. The Morgan fingerprint density at radius 1 is 1.13 bits per heavy atom. The van der Waals surface area contributed by atoms with Gasteiger partial charge in [-0.3, -0.25) is 14.6 Å². The smallest absolute Gasteiger partial charge is 0.321 e. The molecule has 1 aliphatic rings. The second-order valence-corrected chi connectivity index (χ2v) is 12.2. The van der Waals surface area contributed by atoms with Crippen LogP contribution in [0.4, 0.5) is 16.2 Å². The minimum absolute atomic E-state index is 0.195. The molecule has 0 aliphatic carbocycles. The number of hydrogen-bond donors (Lipinski definition) is 3. The zero-order chi connectivity index (χ0) is 34.1. The summed E-state index contributed by atoms with van der Waals surface area (Å²) < 4.78 is 17.8. The van der Waals surface area contributed by atoms with Crippen molar-refractivity contribution in [1.82, 2.24) is 19.9 Å². The molecule has 0 unspecified atom stereocenters. The molecule has 3 aromatic rings. The van der Waals surface area contributed by atoms with E-state index < -0.39 is 12.1 Å². The Kier molecular flexibility index (Phi) is 12.3. The lowest BCUT2D eigenvalue weighted by Gasteiger charge is -2.35. The van der Waals surface area contributed by atoms with E-state index in [0.29, 0.717) is 40.7 Å². The number of benzene rings is 1. The van der Waals surface area contributed by atoms with E-state index in [1.54, 1.807) is 68.0 Å². The molecule has 1 aliphatic heterocycles. The Morgan fingerprint density at radius 2 is 1.87 bits per heavy atom. The molecule has 3 N–H and O–H groups in total. The monoisotopic (exact) mass is 650 g/mol. The molecule has 4 amide bonds. The fraction of sp³-hybridized carbons (Fsp3) is 0.500. The highest BCUT2D eigenvalue weighted by Gasteiger charge is 2.31. The number of urea groups is 1. The predicted octanol–water partition coefficient (Wildman–Crippen LogP) is 4.90. The van der Waals surface area contributed by atoms with Crippen LogP contribution in [0.15, 0.2) is 47.2 Å². The molecular weight excluding hydrogens is 604 g/mol. The normalized spacial score (nSPS) is 19.9. The lowest BCUT2D eigenvalue weighted by molar-refractivity contribution is -0.0115. The van der Waals surface area contributed by atoms with Crippen LogP contribution in [0.5, 0.6) is 5.75 Å². The number of ether oxygens (including phenoxy) is 2. The van der Waals surface area contributed by atoms with E-state index in [9.17, 15) is 19.5 Å². The minimum Gasteiger partial charge on any atom is -0.490 e. The summed E-state index contributed by atoms with van der Waals surface area (Å²) in [7, 11) is 1.69. The predicted molar refractivity (Wildman–Crippen MR) is 177 cm³/mol. The van der Waals surface area contributed by atoms with Gasteiger partial charge in [-0.25, -0.2) is 4.79 Å². The quantitative estimate of drug-likeness (QED) is 0.323. The highest BCUT2D eigenvalue weighted by Crippen LogP contribution is 2.29. The molecule has 0 bridgehead atoms. The molecule has 4 atom stereocenters. The average Bonchev–Trinajstić information content (AvgIpc) is 3.38. The van der Waals surface area contributed by atoms with Gasteiger partial charge in [-0.15, -0.1) is 0 Å². The van der Waals surface area contributed by atoms with Crippen molar-refractivity contribution < 1.29 is 33.5 Å². The van der Waals surface area contributed by atoms with Gasteiger partial charge in [0, 0.05) is 56.3 Å². The molecule has 13 heteroatoms. The van der Waals surface area contributed by atoms with E-state index in [4.69, 9.17) is 14.0 Å². The van der Waals surface area contributed by atoms with Crippen LogP contribution >= 0.6 is 0 Å². The maximum Gasteiger partial charge on any atom is 0.321 e. The fourth-order valence-electron chi connectivity index (χ4n) is 5.39. The van der Waals surface area contributed by atoms with Crippen LogP contribution in [-0.4, -0.2) is 94.5 Å². The molecule has 3 heterocycles. The number of aryl methyl sites for hydroxylation is 2. The first-order valence-corrected chi connectivity index (χ1v) is 16.0. The van der Waals surface area contributed by atoms with Crippen molar-refractivity contribution in [2.75, 3.05) is 44.0 Å². The SMILES string of the molecule is Cc1noc(C)c1NC(=O)N(C)C[C@@H]1OCCCC[C@H](C)Oc2ccc(NC(=O)c3ccncc3)cc2C(=O)N([C@H](C)CO)C[C@@H]1C.